The van der Waals surface area contributed by atoms with E-state index in [0.29, 0.717) is 6.61 Å². The van der Waals surface area contributed by atoms with Gasteiger partial charge in [0.1, 0.15) is 5.75 Å². The topological polar surface area (TPSA) is 49.9 Å². The average Bonchev–Trinajstić information content (AvgIpc) is 3.05. The van der Waals surface area contributed by atoms with Crippen LogP contribution < -0.4 is 10.1 Å². The van der Waals surface area contributed by atoms with Gasteiger partial charge in [-0.1, -0.05) is 0 Å². The number of H-pyrrole nitrogens is 1. The van der Waals surface area contributed by atoms with Crippen LogP contribution in [0.5, 0.6) is 5.75 Å². The second kappa shape index (κ2) is 5.54. The van der Waals surface area contributed by atoms with E-state index in [9.17, 15) is 0 Å². The first-order valence-corrected chi connectivity index (χ1v) is 7.63. The zero-order valence-electron chi connectivity index (χ0n) is 11.6. The number of nitrogens with zero attached hydrogens (tertiary/aromatic N) is 1. The van der Waals surface area contributed by atoms with Gasteiger partial charge in [-0.15, -0.1) is 11.3 Å². The lowest BCUT2D eigenvalue weighted by atomic mass is 10.1. The number of hydrogen-bond acceptors (Lipinski definition) is 4. The van der Waals surface area contributed by atoms with Crippen molar-refractivity contribution in [1.29, 1.82) is 0 Å². The summed E-state index contributed by atoms with van der Waals surface area (Å²) >= 11 is 1.63. The van der Waals surface area contributed by atoms with Crippen LogP contribution in [0.1, 0.15) is 13.8 Å². The van der Waals surface area contributed by atoms with Crippen molar-refractivity contribution >= 4 is 27.4 Å². The van der Waals surface area contributed by atoms with Crippen LogP contribution in [0.3, 0.4) is 0 Å². The number of anilines is 1. The maximum absolute atomic E-state index is 5.57. The fourth-order valence-electron chi connectivity index (χ4n) is 2.20. The molecule has 0 aliphatic rings. The quantitative estimate of drug-likeness (QED) is 0.742. The standard InChI is InChI=1S/C15H17N3OS/c1-3-16-15-18-14(9-20-15)12-8-17-13-6-5-10(19-4-2)7-11(12)13/h5-9,17H,3-4H2,1-2H3,(H,16,18). The minimum Gasteiger partial charge on any atom is -0.494 e. The van der Waals surface area contributed by atoms with E-state index in [1.165, 1.54) is 0 Å². The predicted molar refractivity (Wildman–Crippen MR) is 84.7 cm³/mol. The van der Waals surface area contributed by atoms with Crippen molar-refractivity contribution in [3.8, 4) is 17.0 Å². The Morgan fingerprint density at radius 1 is 1.35 bits per heavy atom. The largest absolute Gasteiger partial charge is 0.494 e. The second-order valence-corrected chi connectivity index (χ2v) is 5.27. The Morgan fingerprint density at radius 2 is 2.25 bits per heavy atom. The Hall–Kier alpha value is -2.01. The number of aromatic nitrogens is 2. The Balaban J connectivity index is 2.03. The smallest absolute Gasteiger partial charge is 0.183 e. The summed E-state index contributed by atoms with van der Waals surface area (Å²) in [6.45, 7) is 5.62. The molecule has 0 amide bonds. The van der Waals surface area contributed by atoms with Crippen molar-refractivity contribution in [2.75, 3.05) is 18.5 Å². The molecular weight excluding hydrogens is 270 g/mol. The van der Waals surface area contributed by atoms with E-state index in [0.717, 1.165) is 39.6 Å². The summed E-state index contributed by atoms with van der Waals surface area (Å²) in [6, 6.07) is 6.09. The summed E-state index contributed by atoms with van der Waals surface area (Å²) in [4.78, 5) is 7.90. The van der Waals surface area contributed by atoms with E-state index >= 15 is 0 Å². The molecule has 2 aromatic heterocycles. The molecule has 2 N–H and O–H groups in total. The van der Waals surface area contributed by atoms with E-state index in [4.69, 9.17) is 4.74 Å². The van der Waals surface area contributed by atoms with Gasteiger partial charge in [-0.3, -0.25) is 0 Å². The first kappa shape index (κ1) is 13.0. The monoisotopic (exact) mass is 287 g/mol. The number of ether oxygens (including phenoxy) is 1. The molecule has 0 bridgehead atoms. The van der Waals surface area contributed by atoms with Gasteiger partial charge in [0.2, 0.25) is 0 Å². The number of thiazole rings is 1. The molecule has 0 spiro atoms. The highest BCUT2D eigenvalue weighted by molar-refractivity contribution is 7.14. The van der Waals surface area contributed by atoms with Crippen molar-refractivity contribution in [3.63, 3.8) is 0 Å². The van der Waals surface area contributed by atoms with Crippen LogP contribution >= 0.6 is 11.3 Å². The Morgan fingerprint density at radius 3 is 3.05 bits per heavy atom. The van der Waals surface area contributed by atoms with Gasteiger partial charge in [0, 0.05) is 34.6 Å². The fourth-order valence-corrected chi connectivity index (χ4v) is 2.98. The van der Waals surface area contributed by atoms with E-state index in [-0.39, 0.29) is 0 Å². The lowest BCUT2D eigenvalue weighted by Gasteiger charge is -2.03. The van der Waals surface area contributed by atoms with Gasteiger partial charge in [0.25, 0.3) is 0 Å². The number of fused-ring (bicyclic) bond motifs is 1. The molecule has 0 atom stereocenters. The highest BCUT2D eigenvalue weighted by Gasteiger charge is 2.10. The molecule has 0 saturated heterocycles. The summed E-state index contributed by atoms with van der Waals surface area (Å²) in [5, 5.41) is 7.42. The van der Waals surface area contributed by atoms with Gasteiger partial charge in [-0.25, -0.2) is 4.98 Å². The molecule has 20 heavy (non-hydrogen) atoms. The number of aromatic amines is 1. The van der Waals surface area contributed by atoms with Crippen molar-refractivity contribution in [1.82, 2.24) is 9.97 Å². The molecule has 0 aliphatic heterocycles. The molecule has 3 rings (SSSR count). The third-order valence-electron chi connectivity index (χ3n) is 3.07. The third-order valence-corrected chi connectivity index (χ3v) is 3.87. The maximum Gasteiger partial charge on any atom is 0.183 e. The number of benzene rings is 1. The first-order chi connectivity index (χ1) is 9.81. The molecular formula is C15H17N3OS. The molecule has 3 aromatic rings. The third kappa shape index (κ3) is 2.36. The van der Waals surface area contributed by atoms with Crippen LogP contribution in [-0.4, -0.2) is 23.1 Å². The zero-order chi connectivity index (χ0) is 13.9. The van der Waals surface area contributed by atoms with Crippen LogP contribution in [0.2, 0.25) is 0 Å². The Labute approximate surface area is 121 Å². The van der Waals surface area contributed by atoms with E-state index < -0.39 is 0 Å². The van der Waals surface area contributed by atoms with Gasteiger partial charge in [-0.05, 0) is 32.0 Å². The Kier molecular flexibility index (Phi) is 3.60. The van der Waals surface area contributed by atoms with Crippen LogP contribution in [0, 0.1) is 0 Å². The maximum atomic E-state index is 5.57. The number of nitrogens with one attached hydrogen (secondary N) is 2. The SMILES string of the molecule is CCNc1nc(-c2c[nH]c3ccc(OCC)cc23)cs1. The molecule has 104 valence electrons. The highest BCUT2D eigenvalue weighted by Crippen LogP contribution is 2.32. The minimum absolute atomic E-state index is 0.673. The van der Waals surface area contributed by atoms with Gasteiger partial charge in [0.15, 0.2) is 5.13 Å². The normalized spacial score (nSPS) is 10.9. The summed E-state index contributed by atoms with van der Waals surface area (Å²) in [5.41, 5.74) is 3.20. The summed E-state index contributed by atoms with van der Waals surface area (Å²) < 4.78 is 5.57. The second-order valence-electron chi connectivity index (χ2n) is 4.41. The van der Waals surface area contributed by atoms with Crippen LogP contribution in [0.4, 0.5) is 5.13 Å². The minimum atomic E-state index is 0.673. The molecule has 5 heteroatoms. The first-order valence-electron chi connectivity index (χ1n) is 6.75. The fraction of sp³-hybridized carbons (Fsp3) is 0.267. The lowest BCUT2D eigenvalue weighted by Crippen LogP contribution is -1.94. The zero-order valence-corrected chi connectivity index (χ0v) is 12.4. The van der Waals surface area contributed by atoms with Crippen molar-refractivity contribution in [3.05, 3.63) is 29.8 Å². The number of hydrogen-bond donors (Lipinski definition) is 2. The van der Waals surface area contributed by atoms with Gasteiger partial charge in [-0.2, -0.15) is 0 Å². The molecule has 1 aromatic carbocycles. The van der Waals surface area contributed by atoms with Crippen molar-refractivity contribution in [2.24, 2.45) is 0 Å². The Bertz CT molecular complexity index is 717. The molecule has 0 saturated carbocycles. The van der Waals surface area contributed by atoms with Crippen molar-refractivity contribution < 1.29 is 4.74 Å². The molecule has 0 radical (unpaired) electrons. The molecule has 2 heterocycles. The van der Waals surface area contributed by atoms with Crippen LogP contribution in [0.25, 0.3) is 22.2 Å². The molecule has 0 aliphatic carbocycles. The summed E-state index contributed by atoms with van der Waals surface area (Å²) in [6.07, 6.45) is 2.01. The van der Waals surface area contributed by atoms with Crippen LogP contribution in [0.15, 0.2) is 29.8 Å². The van der Waals surface area contributed by atoms with Gasteiger partial charge >= 0.3 is 0 Å². The summed E-state index contributed by atoms with van der Waals surface area (Å²) in [7, 11) is 0. The highest BCUT2D eigenvalue weighted by atomic mass is 32.1. The summed E-state index contributed by atoms with van der Waals surface area (Å²) in [5.74, 6) is 0.892. The molecule has 0 unspecified atom stereocenters. The van der Waals surface area contributed by atoms with E-state index in [1.807, 2.05) is 25.3 Å². The van der Waals surface area contributed by atoms with E-state index in [1.54, 1.807) is 11.3 Å². The average molecular weight is 287 g/mol. The van der Waals surface area contributed by atoms with Crippen LogP contribution in [-0.2, 0) is 0 Å². The lowest BCUT2D eigenvalue weighted by molar-refractivity contribution is 0.341. The number of rotatable bonds is 5. The van der Waals surface area contributed by atoms with Gasteiger partial charge < -0.3 is 15.0 Å². The van der Waals surface area contributed by atoms with Gasteiger partial charge in [0.05, 0.1) is 12.3 Å². The van der Waals surface area contributed by atoms with Crippen molar-refractivity contribution in [2.45, 2.75) is 13.8 Å². The predicted octanol–water partition coefficient (Wildman–Crippen LogP) is 4.12. The molecule has 0 fully saturated rings. The van der Waals surface area contributed by atoms with E-state index in [2.05, 4.69) is 33.7 Å². The molecule has 4 nitrogen and oxygen atoms in total.